The number of benzene rings is 2. The summed E-state index contributed by atoms with van der Waals surface area (Å²) in [6.07, 6.45) is 27.5. The van der Waals surface area contributed by atoms with E-state index in [1.165, 1.54) is 83.5 Å². The SMILES string of the molecule is CC.CC1=C2[CH-]C(=O)C3(C)C(O)CC4OCC4C3CC(C[C@@H]1OC(=O)CCc1ccccc1)C2(C)C.CCCCCCCC/C=C\CCCCCCCC1OCCO1.COC.NC(=O)c1ccccc1.O=CO.[Ac]. The number of ketones is 1. The molecule has 2 aromatic carbocycles. The number of Topliss-reactive ketones (excluding diaryl/α,β-unsaturated/α-hetero) is 1. The van der Waals surface area contributed by atoms with Gasteiger partial charge in [-0.15, -0.1) is 6.92 Å². The number of esters is 1. The molecule has 7 rings (SSSR count). The number of allylic oxidation sites excluding steroid dienone is 3. The van der Waals surface area contributed by atoms with Crippen LogP contribution in [0, 0.1) is 79.1 Å². The van der Waals surface area contributed by atoms with Gasteiger partial charge < -0.3 is 44.4 Å². The number of nitrogens with two attached hydrogens (primary N) is 1. The number of fused-ring (bicyclic) bond motifs is 5. The fraction of sp³-hybridized carbons (Fsp3) is 0.656. The second kappa shape index (κ2) is 39.5. The van der Waals surface area contributed by atoms with E-state index in [2.05, 4.69) is 37.7 Å². The number of methoxy groups -OCH3 is 1. The predicted octanol–water partition coefficient (Wildman–Crippen LogP) is 12.6. The number of carboxylic acid groups (broad SMARTS) is 1. The van der Waals surface area contributed by atoms with Gasteiger partial charge in [0.2, 0.25) is 5.91 Å². The van der Waals surface area contributed by atoms with Gasteiger partial charge in [0.05, 0.1) is 43.9 Å². The molecule has 13 heteroatoms. The number of unbranched alkanes of at least 4 members (excludes halogenated alkanes) is 11. The summed E-state index contributed by atoms with van der Waals surface area (Å²) in [5.41, 5.74) is 7.62. The number of aryl methyl sites for hydroxylation is 1. The second-order valence-corrected chi connectivity index (χ2v) is 20.4. The van der Waals surface area contributed by atoms with Crippen LogP contribution >= 0.6 is 0 Å². The van der Waals surface area contributed by atoms with E-state index < -0.39 is 11.5 Å². The van der Waals surface area contributed by atoms with Gasteiger partial charge in [0.25, 0.3) is 6.47 Å². The van der Waals surface area contributed by atoms with Gasteiger partial charge in [-0.1, -0.05) is 154 Å². The summed E-state index contributed by atoms with van der Waals surface area (Å²) in [6.45, 7) is 16.7. The molecule has 2 aliphatic heterocycles. The van der Waals surface area contributed by atoms with Crippen LogP contribution in [0.4, 0.5) is 0 Å². The maximum Gasteiger partial charge on any atom is 0.305 e. The van der Waals surface area contributed by atoms with Crippen LogP contribution in [0.15, 0.2) is 84.0 Å². The molecule has 4 fully saturated rings. The summed E-state index contributed by atoms with van der Waals surface area (Å²) in [5, 5.41) is 17.9. The number of hydrogen-bond donors (Lipinski definition) is 3. The summed E-state index contributed by atoms with van der Waals surface area (Å²) >= 11 is 0. The van der Waals surface area contributed by atoms with Crippen molar-refractivity contribution >= 4 is 24.1 Å². The van der Waals surface area contributed by atoms with Crippen molar-refractivity contribution in [1.29, 1.82) is 0 Å². The molecule has 1 amide bonds. The van der Waals surface area contributed by atoms with Crippen LogP contribution in [-0.4, -0.2) is 93.0 Å². The smallest absolute Gasteiger partial charge is 0.305 e. The third kappa shape index (κ3) is 23.4. The van der Waals surface area contributed by atoms with Gasteiger partial charge in [0.15, 0.2) is 6.29 Å². The third-order valence-electron chi connectivity index (χ3n) is 15.1. The van der Waals surface area contributed by atoms with Crippen LogP contribution < -0.4 is 5.73 Å². The Morgan fingerprint density at radius 2 is 1.34 bits per heavy atom. The molecule has 2 saturated carbocycles. The average molecular weight is 1250 g/mol. The number of rotatable bonds is 20. The molecule has 4 N–H and O–H groups in total. The fourth-order valence-corrected chi connectivity index (χ4v) is 10.6. The van der Waals surface area contributed by atoms with Crippen molar-refractivity contribution in [3.05, 3.63) is 102 Å². The Balaban J connectivity index is 0.000000585. The zero-order valence-corrected chi connectivity index (χ0v) is 51.6. The number of carbonyl (C=O) groups is 4. The molecule has 415 valence electrons. The fourth-order valence-electron chi connectivity index (χ4n) is 10.6. The monoisotopic (exact) mass is 1250 g/mol. The van der Waals surface area contributed by atoms with Crippen LogP contribution in [-0.2, 0) is 44.5 Å². The van der Waals surface area contributed by atoms with Crippen LogP contribution in [0.3, 0.4) is 0 Å². The van der Waals surface area contributed by atoms with Crippen molar-refractivity contribution in [3.63, 3.8) is 0 Å². The van der Waals surface area contributed by atoms with E-state index in [-0.39, 0.29) is 104 Å². The van der Waals surface area contributed by atoms with Gasteiger partial charge in [-0.2, -0.15) is 17.6 Å². The number of ether oxygens (including phenoxy) is 5. The van der Waals surface area contributed by atoms with Crippen LogP contribution in [0.25, 0.3) is 0 Å². The van der Waals surface area contributed by atoms with Gasteiger partial charge in [-0.25, -0.2) is 0 Å². The maximum absolute atomic E-state index is 13.7. The zero-order chi connectivity index (χ0) is 54.1. The van der Waals surface area contributed by atoms with E-state index in [1.807, 2.05) is 64.1 Å². The topological polar surface area (TPSA) is 181 Å². The number of carbonyl (C=O) groups excluding carboxylic acids is 3. The molecular formula is C61H96AcNO11-. The number of aliphatic hydroxyl groups excluding tert-OH is 1. The molecule has 2 bridgehead atoms. The molecule has 74 heavy (non-hydrogen) atoms. The molecule has 1 radical (unpaired) electrons. The molecule has 12 nitrogen and oxygen atoms in total. The first kappa shape index (κ1) is 69.1. The van der Waals surface area contributed by atoms with Crippen molar-refractivity contribution in [2.75, 3.05) is 34.0 Å². The molecule has 2 heterocycles. The quantitative estimate of drug-likeness (QED) is 0.0377. The van der Waals surface area contributed by atoms with Crippen LogP contribution in [0.2, 0.25) is 0 Å². The van der Waals surface area contributed by atoms with E-state index in [1.54, 1.807) is 44.9 Å². The second-order valence-electron chi connectivity index (χ2n) is 20.4. The van der Waals surface area contributed by atoms with E-state index in [0.717, 1.165) is 49.2 Å². The Morgan fingerprint density at radius 1 is 0.811 bits per heavy atom. The van der Waals surface area contributed by atoms with Crippen molar-refractivity contribution in [2.45, 2.75) is 195 Å². The summed E-state index contributed by atoms with van der Waals surface area (Å²) in [7, 11) is 3.25. The van der Waals surface area contributed by atoms with Crippen molar-refractivity contribution < 1.29 is 97.1 Å². The largest absolute Gasteiger partial charge is 0.483 e. The van der Waals surface area contributed by atoms with Gasteiger partial charge in [0, 0.05) is 88.0 Å². The first-order valence-corrected chi connectivity index (χ1v) is 27.5. The normalized spacial score (nSPS) is 24.0. The number of primary amides is 1. The Labute approximate surface area is 482 Å². The summed E-state index contributed by atoms with van der Waals surface area (Å²) in [4.78, 5) is 45.3. The molecule has 2 aromatic rings. The van der Waals surface area contributed by atoms with Crippen molar-refractivity contribution in [3.8, 4) is 0 Å². The van der Waals surface area contributed by atoms with Crippen molar-refractivity contribution in [1.82, 2.24) is 0 Å². The summed E-state index contributed by atoms with van der Waals surface area (Å²) in [5.74, 6) is 0.0559. The molecule has 3 aliphatic carbocycles. The molecule has 0 aromatic heterocycles. The molecule has 0 spiro atoms. The Morgan fingerprint density at radius 3 is 1.85 bits per heavy atom. The molecular weight excluding hydrogens is 1150 g/mol. The van der Waals surface area contributed by atoms with E-state index in [4.69, 9.17) is 34.6 Å². The number of amides is 1. The Kier molecular flexibility index (Phi) is 36.9. The van der Waals surface area contributed by atoms with Gasteiger partial charge in [-0.3, -0.25) is 14.4 Å². The Hall–Kier alpha value is -2.89. The first-order chi connectivity index (χ1) is 35.2. The minimum atomic E-state index is -0.787. The maximum atomic E-state index is 13.7. The Bertz CT molecular complexity index is 1890. The summed E-state index contributed by atoms with van der Waals surface area (Å²) < 4.78 is 26.9. The van der Waals surface area contributed by atoms with Crippen LogP contribution in [0.5, 0.6) is 0 Å². The van der Waals surface area contributed by atoms with E-state index in [0.29, 0.717) is 37.4 Å². The zero-order valence-electron chi connectivity index (χ0n) is 46.9. The molecule has 2 saturated heterocycles. The van der Waals surface area contributed by atoms with Gasteiger partial charge in [0.1, 0.15) is 0 Å². The minimum Gasteiger partial charge on any atom is -0.483 e. The first-order valence-electron chi connectivity index (χ1n) is 27.5. The van der Waals surface area contributed by atoms with Gasteiger partial charge >= 0.3 is 5.97 Å². The predicted molar refractivity (Wildman–Crippen MR) is 292 cm³/mol. The molecule has 7 atom stereocenters. The molecule has 5 aliphatic rings. The van der Waals surface area contributed by atoms with Crippen molar-refractivity contribution in [2.24, 2.45) is 34.3 Å². The van der Waals surface area contributed by atoms with Crippen LogP contribution in [0.1, 0.15) is 180 Å². The summed E-state index contributed by atoms with van der Waals surface area (Å²) in [6, 6.07) is 18.7. The molecule has 6 unspecified atom stereocenters. The average Bonchev–Trinajstić information content (AvgIpc) is 3.91. The standard InChI is InChI=1S/C29H37O5.C20H38O2.C7H7NO.C2H6O.C2H6.CH2O2.Ac/c1-17-21-14-25(30)29(4)22(20-16-33-24(20)15-26(29)31)12-19(28(21,2)3)13-23(17)34-27(32)11-10-18-8-6-5-7-9-18;1-2-3-4-5-6-7-8-9-10-11-12-13-14-15-16-17-20-21-18-19-22-20;8-7(9)6-4-2-1-3-5-6;1-3-2;1-2;2-1-3;/h5-9,14,19-20,22-24,26,31H,10-13,15-16H2,1-4H3;9-10,20H,2-8,11-19H2,1H3;1-5H,(H2,8,9);1-2H3;1-2H3;1H,(H,2,3);/q-1;;;;;;/b;10-9-;;;;;/t19?,20?,22?,23-,24?,26?,29?;;;;;;/m0....../s1. The van der Waals surface area contributed by atoms with Gasteiger partial charge in [-0.05, 0) is 92.7 Å². The third-order valence-corrected chi connectivity index (χ3v) is 15.1. The number of hydrogen-bond acceptors (Lipinski definition) is 10. The van der Waals surface area contributed by atoms with E-state index >= 15 is 0 Å². The minimum absolute atomic E-state index is 0. The van der Waals surface area contributed by atoms with E-state index in [9.17, 15) is 19.5 Å². The number of aliphatic hydroxyl groups is 1.